The summed E-state index contributed by atoms with van der Waals surface area (Å²) < 4.78 is 31.1. The van der Waals surface area contributed by atoms with Gasteiger partial charge in [0.15, 0.2) is 0 Å². The van der Waals surface area contributed by atoms with E-state index in [0.29, 0.717) is 18.7 Å². The largest absolute Gasteiger partial charge is 0.465 e. The summed E-state index contributed by atoms with van der Waals surface area (Å²) in [7, 11) is 1.36. The third-order valence-electron chi connectivity index (χ3n) is 4.23. The Hall–Kier alpha value is -2.11. The van der Waals surface area contributed by atoms with Crippen LogP contribution in [0.3, 0.4) is 0 Å². The zero-order chi connectivity index (χ0) is 15.9. The molecule has 1 aromatic rings. The zero-order valence-electron chi connectivity index (χ0n) is 12.6. The van der Waals surface area contributed by atoms with Crippen molar-refractivity contribution >= 4 is 11.7 Å². The molecule has 3 rings (SSSR count). The molecule has 0 saturated carbocycles. The zero-order valence-corrected chi connectivity index (χ0v) is 12.6. The van der Waals surface area contributed by atoms with Crippen molar-refractivity contribution in [2.45, 2.75) is 18.9 Å². The van der Waals surface area contributed by atoms with E-state index in [1.165, 1.54) is 13.3 Å². The Balaban J connectivity index is 1.66. The SMILES string of the molecule is COC(=O)c1cc(N2CC(N3C=CC(F)(F)C3)C2)ccc1C. The van der Waals surface area contributed by atoms with Crippen LogP contribution in [0.1, 0.15) is 15.9 Å². The highest BCUT2D eigenvalue weighted by molar-refractivity contribution is 5.92. The number of benzene rings is 1. The summed E-state index contributed by atoms with van der Waals surface area (Å²) in [4.78, 5) is 15.5. The average Bonchev–Trinajstić information content (AvgIpc) is 2.78. The number of carbonyl (C=O) groups is 1. The Morgan fingerprint density at radius 2 is 2.09 bits per heavy atom. The van der Waals surface area contributed by atoms with Crippen molar-refractivity contribution in [3.05, 3.63) is 41.6 Å². The molecule has 0 bridgehead atoms. The van der Waals surface area contributed by atoms with Gasteiger partial charge in [-0.1, -0.05) is 6.07 Å². The van der Waals surface area contributed by atoms with Gasteiger partial charge in [0.25, 0.3) is 5.92 Å². The summed E-state index contributed by atoms with van der Waals surface area (Å²) in [5, 5.41) is 0. The van der Waals surface area contributed by atoms with Crippen LogP contribution >= 0.6 is 0 Å². The maximum Gasteiger partial charge on any atom is 0.338 e. The van der Waals surface area contributed by atoms with Gasteiger partial charge < -0.3 is 14.5 Å². The standard InChI is InChI=1S/C16H18F2N2O2/c1-11-3-4-12(7-14(11)15(21)22-2)20-8-13(9-20)19-6-5-16(17,18)10-19/h3-7,13H,8-10H2,1-2H3. The van der Waals surface area contributed by atoms with Gasteiger partial charge in [-0.3, -0.25) is 0 Å². The molecule has 2 aliphatic heterocycles. The van der Waals surface area contributed by atoms with Crippen LogP contribution in [0.15, 0.2) is 30.5 Å². The Kier molecular flexibility index (Phi) is 3.54. The Labute approximate surface area is 128 Å². The number of halogens is 2. The maximum absolute atomic E-state index is 13.2. The minimum atomic E-state index is -2.72. The lowest BCUT2D eigenvalue weighted by Gasteiger charge is -2.45. The van der Waals surface area contributed by atoms with Crippen molar-refractivity contribution in [3.8, 4) is 0 Å². The van der Waals surface area contributed by atoms with Gasteiger partial charge in [0, 0.05) is 31.1 Å². The van der Waals surface area contributed by atoms with Crippen LogP contribution in [0.2, 0.25) is 0 Å². The molecule has 0 spiro atoms. The summed E-state index contributed by atoms with van der Waals surface area (Å²) in [6, 6.07) is 5.70. The molecule has 6 heteroatoms. The molecule has 22 heavy (non-hydrogen) atoms. The van der Waals surface area contributed by atoms with Crippen molar-refractivity contribution in [1.29, 1.82) is 0 Å². The van der Waals surface area contributed by atoms with Crippen molar-refractivity contribution < 1.29 is 18.3 Å². The lowest BCUT2D eigenvalue weighted by Crippen LogP contribution is -2.58. The van der Waals surface area contributed by atoms with E-state index in [-0.39, 0.29) is 18.6 Å². The summed E-state index contributed by atoms with van der Waals surface area (Å²) in [5.74, 6) is -3.08. The van der Waals surface area contributed by atoms with Crippen molar-refractivity contribution in [2.24, 2.45) is 0 Å². The normalized spacial score (nSPS) is 20.2. The molecule has 0 unspecified atom stereocenters. The minimum Gasteiger partial charge on any atom is -0.465 e. The molecule has 0 atom stereocenters. The van der Waals surface area contributed by atoms with Crippen LogP contribution in [-0.4, -0.2) is 49.6 Å². The average molecular weight is 308 g/mol. The van der Waals surface area contributed by atoms with Crippen LogP contribution in [0.4, 0.5) is 14.5 Å². The quantitative estimate of drug-likeness (QED) is 0.803. The lowest BCUT2D eigenvalue weighted by atomic mass is 10.0. The summed E-state index contributed by atoms with van der Waals surface area (Å²) in [6.45, 7) is 2.95. The molecule has 0 amide bonds. The molecule has 2 heterocycles. The predicted molar refractivity (Wildman–Crippen MR) is 79.3 cm³/mol. The highest BCUT2D eigenvalue weighted by atomic mass is 19.3. The summed E-state index contributed by atoms with van der Waals surface area (Å²) >= 11 is 0. The minimum absolute atomic E-state index is 0.0903. The second-order valence-electron chi connectivity index (χ2n) is 5.80. The molecule has 0 radical (unpaired) electrons. The van der Waals surface area contributed by atoms with Gasteiger partial charge in [-0.2, -0.15) is 8.78 Å². The molecule has 1 fully saturated rings. The van der Waals surface area contributed by atoms with Crippen LogP contribution in [0.5, 0.6) is 0 Å². The van der Waals surface area contributed by atoms with Crippen LogP contribution in [0, 0.1) is 6.92 Å². The fourth-order valence-corrected chi connectivity index (χ4v) is 2.82. The first-order valence-corrected chi connectivity index (χ1v) is 7.16. The fourth-order valence-electron chi connectivity index (χ4n) is 2.82. The summed E-state index contributed by atoms with van der Waals surface area (Å²) in [5.41, 5.74) is 2.31. The molecular weight excluding hydrogens is 290 g/mol. The molecule has 118 valence electrons. The van der Waals surface area contributed by atoms with Crippen molar-refractivity contribution in [1.82, 2.24) is 4.90 Å². The molecule has 4 nitrogen and oxygen atoms in total. The smallest absolute Gasteiger partial charge is 0.338 e. The molecule has 0 aliphatic carbocycles. The molecule has 0 aromatic heterocycles. The first kappa shape index (κ1) is 14.8. The number of aryl methyl sites for hydroxylation is 1. The number of ether oxygens (including phenoxy) is 1. The van der Waals surface area contributed by atoms with E-state index in [4.69, 9.17) is 4.74 Å². The Morgan fingerprint density at radius 3 is 2.68 bits per heavy atom. The van der Waals surface area contributed by atoms with Gasteiger partial charge in [-0.05, 0) is 24.6 Å². The van der Waals surface area contributed by atoms with Gasteiger partial charge >= 0.3 is 5.97 Å². The highest BCUT2D eigenvalue weighted by Crippen LogP contribution is 2.31. The third-order valence-corrected chi connectivity index (χ3v) is 4.23. The molecule has 0 N–H and O–H groups in total. The van der Waals surface area contributed by atoms with Gasteiger partial charge in [-0.25, -0.2) is 4.79 Å². The van der Waals surface area contributed by atoms with Crippen molar-refractivity contribution in [2.75, 3.05) is 31.6 Å². The van der Waals surface area contributed by atoms with Gasteiger partial charge in [0.1, 0.15) is 0 Å². The van der Waals surface area contributed by atoms with E-state index in [1.54, 1.807) is 11.0 Å². The van der Waals surface area contributed by atoms with Crippen LogP contribution in [-0.2, 0) is 4.74 Å². The number of carbonyl (C=O) groups excluding carboxylic acids is 1. The van der Waals surface area contributed by atoms with E-state index in [1.807, 2.05) is 19.1 Å². The van der Waals surface area contributed by atoms with E-state index < -0.39 is 5.92 Å². The van der Waals surface area contributed by atoms with Gasteiger partial charge in [-0.15, -0.1) is 0 Å². The second-order valence-corrected chi connectivity index (χ2v) is 5.80. The third kappa shape index (κ3) is 2.65. The van der Waals surface area contributed by atoms with Crippen molar-refractivity contribution in [3.63, 3.8) is 0 Å². The number of alkyl halides is 2. The fraction of sp³-hybridized carbons (Fsp3) is 0.438. The first-order valence-electron chi connectivity index (χ1n) is 7.16. The van der Waals surface area contributed by atoms with E-state index in [9.17, 15) is 13.6 Å². The monoisotopic (exact) mass is 308 g/mol. The van der Waals surface area contributed by atoms with Gasteiger partial charge in [0.2, 0.25) is 0 Å². The highest BCUT2D eigenvalue weighted by Gasteiger charge is 2.40. The number of methoxy groups -OCH3 is 1. The second kappa shape index (κ2) is 5.26. The molecule has 1 saturated heterocycles. The lowest BCUT2D eigenvalue weighted by molar-refractivity contribution is 0.0328. The Bertz CT molecular complexity index is 625. The predicted octanol–water partition coefficient (Wildman–Crippen LogP) is 2.43. The first-order chi connectivity index (χ1) is 10.4. The van der Waals surface area contributed by atoms with Gasteiger partial charge in [0.05, 0.1) is 25.3 Å². The van der Waals surface area contributed by atoms with E-state index >= 15 is 0 Å². The van der Waals surface area contributed by atoms with Crippen LogP contribution in [0.25, 0.3) is 0 Å². The van der Waals surface area contributed by atoms with E-state index in [0.717, 1.165) is 17.3 Å². The number of anilines is 1. The van der Waals surface area contributed by atoms with E-state index in [2.05, 4.69) is 4.90 Å². The number of hydrogen-bond donors (Lipinski definition) is 0. The number of nitrogens with zero attached hydrogens (tertiary/aromatic N) is 2. The van der Waals surface area contributed by atoms with Crippen LogP contribution < -0.4 is 4.90 Å². The molecular formula is C16H18F2N2O2. The Morgan fingerprint density at radius 1 is 1.36 bits per heavy atom. The number of rotatable bonds is 3. The topological polar surface area (TPSA) is 32.8 Å². The number of hydrogen-bond acceptors (Lipinski definition) is 4. The molecule has 1 aromatic carbocycles. The maximum atomic E-state index is 13.2. The number of esters is 1. The summed E-state index contributed by atoms with van der Waals surface area (Å²) in [6.07, 6.45) is 2.44. The molecule has 2 aliphatic rings.